The predicted molar refractivity (Wildman–Crippen MR) is 127 cm³/mol. The largest absolute Gasteiger partial charge is 0.357 e. The summed E-state index contributed by atoms with van der Waals surface area (Å²) in [6, 6.07) is 16.0. The topological polar surface area (TPSA) is 61.9 Å². The molecule has 1 aliphatic carbocycles. The monoisotopic (exact) mass is 443 g/mol. The lowest BCUT2D eigenvalue weighted by atomic mass is 9.96. The number of halogens is 1. The maximum Gasteiger partial charge on any atom is 0.206 e. The van der Waals surface area contributed by atoms with E-state index in [1.54, 1.807) is 11.3 Å². The molecule has 0 unspecified atom stereocenters. The number of hydrogen-bond acceptors (Lipinski definition) is 5. The number of rotatable bonds is 5. The van der Waals surface area contributed by atoms with Crippen LogP contribution in [0, 0.1) is 0 Å². The average molecular weight is 444 g/mol. The first-order valence-electron chi connectivity index (χ1n) is 9.70. The lowest BCUT2D eigenvalue weighted by Crippen LogP contribution is -2.21. The van der Waals surface area contributed by atoms with Crippen LogP contribution in [-0.2, 0) is 0 Å². The fraction of sp³-hybridized carbons (Fsp3) is 0.286. The molecule has 4 rings (SSSR count). The van der Waals surface area contributed by atoms with Gasteiger partial charge >= 0.3 is 0 Å². The van der Waals surface area contributed by atoms with Gasteiger partial charge in [-0.15, -0.1) is 10.2 Å². The van der Waals surface area contributed by atoms with E-state index in [4.69, 9.17) is 23.8 Å². The van der Waals surface area contributed by atoms with Gasteiger partial charge in [0.15, 0.2) is 5.11 Å². The minimum Gasteiger partial charge on any atom is -0.357 e. The Kier molecular flexibility index (Phi) is 6.59. The van der Waals surface area contributed by atoms with Crippen LogP contribution in [0.25, 0.3) is 10.6 Å². The van der Waals surface area contributed by atoms with Crippen molar-refractivity contribution in [2.75, 3.05) is 16.0 Å². The van der Waals surface area contributed by atoms with E-state index >= 15 is 0 Å². The van der Waals surface area contributed by atoms with E-state index in [9.17, 15) is 0 Å². The van der Waals surface area contributed by atoms with Crippen molar-refractivity contribution in [3.8, 4) is 10.6 Å². The minimum absolute atomic E-state index is 0.523. The van der Waals surface area contributed by atoms with Crippen LogP contribution in [0.15, 0.2) is 48.5 Å². The predicted octanol–water partition coefficient (Wildman–Crippen LogP) is 6.41. The lowest BCUT2D eigenvalue weighted by Gasteiger charge is -2.21. The molecule has 5 nitrogen and oxygen atoms in total. The van der Waals surface area contributed by atoms with Gasteiger partial charge in [0.05, 0.1) is 0 Å². The normalized spacial score (nSPS) is 14.4. The van der Waals surface area contributed by atoms with E-state index in [1.165, 1.54) is 32.1 Å². The summed E-state index contributed by atoms with van der Waals surface area (Å²) in [4.78, 5) is 0. The van der Waals surface area contributed by atoms with E-state index < -0.39 is 0 Å². The van der Waals surface area contributed by atoms with Gasteiger partial charge in [-0.1, -0.05) is 42.2 Å². The van der Waals surface area contributed by atoms with Crippen molar-refractivity contribution < 1.29 is 0 Å². The van der Waals surface area contributed by atoms with Crippen molar-refractivity contribution >= 4 is 56.8 Å². The molecule has 3 aromatic rings. The number of benzene rings is 2. The van der Waals surface area contributed by atoms with Gasteiger partial charge in [0.1, 0.15) is 5.01 Å². The molecule has 0 atom stereocenters. The van der Waals surface area contributed by atoms with E-state index in [0.29, 0.717) is 16.2 Å². The van der Waals surface area contributed by atoms with Crippen molar-refractivity contribution in [1.29, 1.82) is 0 Å². The number of nitrogens with one attached hydrogen (secondary N) is 3. The van der Waals surface area contributed by atoms with Crippen LogP contribution in [0.4, 0.5) is 16.5 Å². The summed E-state index contributed by atoms with van der Waals surface area (Å²) in [5.41, 5.74) is 2.84. The molecule has 1 heterocycles. The fourth-order valence-electron chi connectivity index (χ4n) is 3.34. The summed E-state index contributed by atoms with van der Waals surface area (Å²) in [7, 11) is 0. The van der Waals surface area contributed by atoms with Gasteiger partial charge in [-0.25, -0.2) is 0 Å². The third kappa shape index (κ3) is 5.65. The number of hydrogen-bond donors (Lipinski definition) is 3. The number of anilines is 3. The molecule has 2 aromatic carbocycles. The zero-order valence-electron chi connectivity index (χ0n) is 15.8. The summed E-state index contributed by atoms with van der Waals surface area (Å²) in [5.74, 6) is 0. The van der Waals surface area contributed by atoms with Gasteiger partial charge in [0.25, 0.3) is 0 Å². The Morgan fingerprint density at radius 1 is 0.897 bits per heavy atom. The first-order valence-corrected chi connectivity index (χ1v) is 11.3. The van der Waals surface area contributed by atoms with Crippen molar-refractivity contribution in [1.82, 2.24) is 10.2 Å². The smallest absolute Gasteiger partial charge is 0.206 e. The Balaban J connectivity index is 1.34. The first kappa shape index (κ1) is 20.1. The fourth-order valence-corrected chi connectivity index (χ4v) is 4.53. The Bertz CT molecular complexity index is 950. The first-order chi connectivity index (χ1) is 14.2. The molecule has 8 heteroatoms. The van der Waals surface area contributed by atoms with Crippen LogP contribution >= 0.6 is 35.2 Å². The number of thiocarbonyl (C=S) groups is 1. The van der Waals surface area contributed by atoms with Crippen LogP contribution in [0.1, 0.15) is 32.1 Å². The minimum atomic E-state index is 0.523. The zero-order chi connectivity index (χ0) is 20.1. The summed E-state index contributed by atoms with van der Waals surface area (Å²) < 4.78 is 0. The highest BCUT2D eigenvalue weighted by molar-refractivity contribution is 7.80. The summed E-state index contributed by atoms with van der Waals surface area (Å²) in [5, 5.41) is 21.5. The molecule has 1 aliphatic rings. The van der Waals surface area contributed by atoms with Crippen molar-refractivity contribution in [2.45, 2.75) is 38.1 Å². The Hall–Kier alpha value is -2.22. The maximum atomic E-state index is 5.90. The molecule has 0 amide bonds. The molecule has 0 aliphatic heterocycles. The van der Waals surface area contributed by atoms with Crippen LogP contribution < -0.4 is 16.0 Å². The molecule has 150 valence electrons. The van der Waals surface area contributed by atoms with Crippen LogP contribution in [0.2, 0.25) is 5.02 Å². The molecule has 29 heavy (non-hydrogen) atoms. The highest BCUT2D eigenvalue weighted by atomic mass is 35.5. The van der Waals surface area contributed by atoms with Crippen molar-refractivity contribution in [2.24, 2.45) is 0 Å². The molecule has 3 N–H and O–H groups in total. The molecule has 0 spiro atoms. The third-order valence-electron chi connectivity index (χ3n) is 4.85. The Morgan fingerprint density at radius 2 is 1.52 bits per heavy atom. The van der Waals surface area contributed by atoms with Crippen LogP contribution in [0.5, 0.6) is 0 Å². The summed E-state index contributed by atoms with van der Waals surface area (Å²) >= 11 is 12.9. The van der Waals surface area contributed by atoms with E-state index in [2.05, 4.69) is 26.1 Å². The second-order valence-electron chi connectivity index (χ2n) is 7.06. The number of aromatic nitrogens is 2. The van der Waals surface area contributed by atoms with Gasteiger partial charge in [-0.3, -0.25) is 0 Å². The summed E-state index contributed by atoms with van der Waals surface area (Å²) in [6.45, 7) is 0. The second kappa shape index (κ2) is 9.52. The molecule has 1 aromatic heterocycles. The van der Waals surface area contributed by atoms with Gasteiger partial charge in [-0.2, -0.15) is 0 Å². The van der Waals surface area contributed by atoms with E-state index in [0.717, 1.165) is 27.1 Å². The van der Waals surface area contributed by atoms with Crippen LogP contribution in [0.3, 0.4) is 0 Å². The summed E-state index contributed by atoms with van der Waals surface area (Å²) in [6.07, 6.45) is 6.39. The SMILES string of the molecule is S=C(Nc1ccc(Cl)cc1)Nc1ccc(-c2nnc(NC3CCCCC3)s2)cc1. The zero-order valence-corrected chi connectivity index (χ0v) is 18.2. The Labute approximate surface area is 184 Å². The molecular formula is C21H22ClN5S2. The van der Waals surface area contributed by atoms with Crippen molar-refractivity contribution in [3.63, 3.8) is 0 Å². The highest BCUT2D eigenvalue weighted by Crippen LogP contribution is 2.29. The van der Waals surface area contributed by atoms with Crippen LogP contribution in [-0.4, -0.2) is 21.4 Å². The maximum absolute atomic E-state index is 5.90. The standard InChI is InChI=1S/C21H22ClN5S2/c22-15-8-12-18(13-9-15)24-20(28)23-17-10-6-14(7-11-17)19-26-27-21(29-19)25-16-4-2-1-3-5-16/h6-13,16H,1-5H2,(H,25,27)(H2,23,24,28). The third-order valence-corrected chi connectivity index (χ3v) is 6.21. The van der Waals surface area contributed by atoms with Gasteiger partial charge < -0.3 is 16.0 Å². The molecular weight excluding hydrogens is 422 g/mol. The molecule has 1 fully saturated rings. The van der Waals surface area contributed by atoms with Gasteiger partial charge in [0.2, 0.25) is 5.13 Å². The molecule has 0 radical (unpaired) electrons. The molecule has 0 bridgehead atoms. The van der Waals surface area contributed by atoms with Gasteiger partial charge in [0, 0.05) is 28.0 Å². The van der Waals surface area contributed by atoms with E-state index in [1.807, 2.05) is 48.5 Å². The quantitative estimate of drug-likeness (QED) is 0.396. The highest BCUT2D eigenvalue weighted by Gasteiger charge is 2.15. The molecule has 0 saturated heterocycles. The van der Waals surface area contributed by atoms with Crippen molar-refractivity contribution in [3.05, 3.63) is 53.6 Å². The van der Waals surface area contributed by atoms with E-state index in [-0.39, 0.29) is 0 Å². The number of nitrogens with zero attached hydrogens (tertiary/aromatic N) is 2. The Morgan fingerprint density at radius 3 is 2.17 bits per heavy atom. The molecule has 1 saturated carbocycles. The average Bonchev–Trinajstić information content (AvgIpc) is 3.19. The second-order valence-corrected chi connectivity index (χ2v) is 8.88. The van der Waals surface area contributed by atoms with Gasteiger partial charge in [-0.05, 0) is 73.6 Å². The lowest BCUT2D eigenvalue weighted by molar-refractivity contribution is 0.462.